The zero-order chi connectivity index (χ0) is 13.7. The molecule has 0 aliphatic rings. The van der Waals surface area contributed by atoms with Crippen LogP contribution in [0.2, 0.25) is 0 Å². The first-order valence-corrected chi connectivity index (χ1v) is 6.95. The topological polar surface area (TPSA) is 49.6 Å². The predicted octanol–water partition coefficient (Wildman–Crippen LogP) is 1.94. The van der Waals surface area contributed by atoms with E-state index in [4.69, 9.17) is 4.42 Å². The second kappa shape index (κ2) is 6.49. The van der Waals surface area contributed by atoms with E-state index in [2.05, 4.69) is 4.98 Å². The highest BCUT2D eigenvalue weighted by Gasteiger charge is 2.18. The van der Waals surface area contributed by atoms with Crippen molar-refractivity contribution in [3.8, 4) is 0 Å². The molecule has 102 valence electrons. The zero-order valence-corrected chi connectivity index (χ0v) is 11.9. The molecule has 0 atom stereocenters. The molecule has 2 aromatic rings. The van der Waals surface area contributed by atoms with Crippen LogP contribution < -0.4 is 0 Å². The third-order valence-electron chi connectivity index (χ3n) is 2.68. The van der Waals surface area contributed by atoms with Crippen LogP contribution in [-0.2, 0) is 6.54 Å². The number of likely N-dealkylation sites (N-methyl/N-ethyl adjacent to an activating group) is 1. The molecule has 19 heavy (non-hydrogen) atoms. The molecule has 1 amide bonds. The number of hydrogen-bond acceptors (Lipinski definition) is 5. The van der Waals surface area contributed by atoms with Crippen molar-refractivity contribution in [2.45, 2.75) is 6.54 Å². The highest BCUT2D eigenvalue weighted by Crippen LogP contribution is 2.11. The largest absolute Gasteiger partial charge is 0.467 e. The summed E-state index contributed by atoms with van der Waals surface area (Å²) in [5, 5.41) is 1.77. The fraction of sp³-hybridized carbons (Fsp3) is 0.385. The summed E-state index contributed by atoms with van der Waals surface area (Å²) in [4.78, 5) is 20.2. The number of hydrogen-bond donors (Lipinski definition) is 0. The highest BCUT2D eigenvalue weighted by molar-refractivity contribution is 7.07. The van der Waals surface area contributed by atoms with Gasteiger partial charge in [-0.25, -0.2) is 4.98 Å². The lowest BCUT2D eigenvalue weighted by molar-refractivity contribution is 0.0714. The average Bonchev–Trinajstić information content (AvgIpc) is 3.06. The Morgan fingerprint density at radius 3 is 2.84 bits per heavy atom. The molecule has 0 saturated carbocycles. The molecule has 0 aliphatic heterocycles. The molecular formula is C13H17N3O2S. The van der Waals surface area contributed by atoms with E-state index in [9.17, 15) is 4.79 Å². The van der Waals surface area contributed by atoms with Gasteiger partial charge in [0.2, 0.25) is 0 Å². The average molecular weight is 279 g/mol. The Kier molecular flexibility index (Phi) is 4.70. The van der Waals surface area contributed by atoms with Crippen LogP contribution in [0.1, 0.15) is 16.2 Å². The molecule has 0 radical (unpaired) electrons. The lowest BCUT2D eigenvalue weighted by Gasteiger charge is -2.22. The second-order valence-corrected chi connectivity index (χ2v) is 5.20. The Bertz CT molecular complexity index is 494. The summed E-state index contributed by atoms with van der Waals surface area (Å²) in [6.45, 7) is 1.91. The smallest absolute Gasteiger partial charge is 0.273 e. The van der Waals surface area contributed by atoms with Crippen molar-refractivity contribution in [3.63, 3.8) is 0 Å². The molecule has 0 bridgehead atoms. The van der Waals surface area contributed by atoms with Crippen molar-refractivity contribution in [1.29, 1.82) is 0 Å². The lowest BCUT2D eigenvalue weighted by atomic mass is 10.3. The van der Waals surface area contributed by atoms with Crippen molar-refractivity contribution in [1.82, 2.24) is 14.8 Å². The molecule has 0 saturated heterocycles. The molecule has 5 nitrogen and oxygen atoms in total. The highest BCUT2D eigenvalue weighted by atomic mass is 32.1. The molecule has 0 aliphatic carbocycles. The molecule has 6 heteroatoms. The molecule has 0 fully saturated rings. The first-order valence-electron chi connectivity index (χ1n) is 6.01. The van der Waals surface area contributed by atoms with Crippen molar-refractivity contribution in [2.75, 3.05) is 27.2 Å². The molecule has 0 unspecified atom stereocenters. The van der Waals surface area contributed by atoms with Gasteiger partial charge in [-0.2, -0.15) is 0 Å². The standard InChI is InChI=1S/C13H17N3O2S/c1-15(2)5-6-16(8-11-4-3-7-18-11)13(17)12-9-19-10-14-12/h3-4,7,9-10H,5-6,8H2,1-2H3. The van der Waals surface area contributed by atoms with E-state index in [0.717, 1.165) is 12.3 Å². The number of furan rings is 1. The maximum atomic E-state index is 12.4. The minimum absolute atomic E-state index is 0.0560. The molecule has 2 rings (SSSR count). The third-order valence-corrected chi connectivity index (χ3v) is 3.27. The summed E-state index contributed by atoms with van der Waals surface area (Å²) in [6.07, 6.45) is 1.62. The van der Waals surface area contributed by atoms with E-state index in [0.29, 0.717) is 18.8 Å². The van der Waals surface area contributed by atoms with E-state index >= 15 is 0 Å². The second-order valence-electron chi connectivity index (χ2n) is 4.48. The lowest BCUT2D eigenvalue weighted by Crippen LogP contribution is -2.36. The van der Waals surface area contributed by atoms with Gasteiger partial charge in [-0.3, -0.25) is 4.79 Å². The quantitative estimate of drug-likeness (QED) is 0.811. The first-order chi connectivity index (χ1) is 9.16. The fourth-order valence-corrected chi connectivity index (χ4v) is 2.17. The summed E-state index contributed by atoms with van der Waals surface area (Å²) in [5.41, 5.74) is 2.17. The van der Waals surface area contributed by atoms with Crippen LogP contribution in [0, 0.1) is 0 Å². The SMILES string of the molecule is CN(C)CCN(Cc1ccco1)C(=O)c1cscn1. The summed E-state index contributed by atoms with van der Waals surface area (Å²) < 4.78 is 5.31. The van der Waals surface area contributed by atoms with Gasteiger partial charge in [0.05, 0.1) is 18.3 Å². The maximum absolute atomic E-state index is 12.4. The van der Waals surface area contributed by atoms with E-state index in [1.54, 1.807) is 22.1 Å². The Hall–Kier alpha value is -1.66. The van der Waals surface area contributed by atoms with Gasteiger partial charge in [0.15, 0.2) is 0 Å². The molecule has 0 N–H and O–H groups in total. The maximum Gasteiger partial charge on any atom is 0.273 e. The van der Waals surface area contributed by atoms with Crippen LogP contribution in [0.5, 0.6) is 0 Å². The normalized spacial score (nSPS) is 10.9. The van der Waals surface area contributed by atoms with E-state index in [1.165, 1.54) is 11.3 Å². The number of carbonyl (C=O) groups is 1. The monoisotopic (exact) mass is 279 g/mol. The fourth-order valence-electron chi connectivity index (χ4n) is 1.64. The molecule has 2 heterocycles. The minimum Gasteiger partial charge on any atom is -0.467 e. The molecule has 0 aromatic carbocycles. The number of aromatic nitrogens is 1. The first kappa shape index (κ1) is 13.8. The number of amides is 1. The predicted molar refractivity (Wildman–Crippen MR) is 74.1 cm³/mol. The van der Waals surface area contributed by atoms with E-state index < -0.39 is 0 Å². The van der Waals surface area contributed by atoms with Gasteiger partial charge in [0.1, 0.15) is 11.5 Å². The van der Waals surface area contributed by atoms with Gasteiger partial charge in [0, 0.05) is 18.5 Å². The Balaban J connectivity index is 2.07. The van der Waals surface area contributed by atoms with Crippen molar-refractivity contribution in [2.24, 2.45) is 0 Å². The van der Waals surface area contributed by atoms with Crippen LogP contribution in [-0.4, -0.2) is 47.9 Å². The summed E-state index contributed by atoms with van der Waals surface area (Å²) >= 11 is 1.43. The van der Waals surface area contributed by atoms with Gasteiger partial charge in [-0.15, -0.1) is 11.3 Å². The van der Waals surface area contributed by atoms with E-state index in [-0.39, 0.29) is 5.91 Å². The molecule has 2 aromatic heterocycles. The number of thiazole rings is 1. The Morgan fingerprint density at radius 1 is 1.42 bits per heavy atom. The minimum atomic E-state index is -0.0560. The Morgan fingerprint density at radius 2 is 2.26 bits per heavy atom. The van der Waals surface area contributed by atoms with Crippen LogP contribution in [0.4, 0.5) is 0 Å². The third kappa shape index (κ3) is 3.90. The van der Waals surface area contributed by atoms with Crippen LogP contribution in [0.25, 0.3) is 0 Å². The van der Waals surface area contributed by atoms with Crippen LogP contribution >= 0.6 is 11.3 Å². The number of rotatable bonds is 6. The van der Waals surface area contributed by atoms with Gasteiger partial charge in [-0.1, -0.05) is 0 Å². The van der Waals surface area contributed by atoms with Crippen molar-refractivity contribution < 1.29 is 9.21 Å². The summed E-state index contributed by atoms with van der Waals surface area (Å²) in [7, 11) is 3.97. The van der Waals surface area contributed by atoms with E-state index in [1.807, 2.05) is 31.1 Å². The van der Waals surface area contributed by atoms with Crippen LogP contribution in [0.3, 0.4) is 0 Å². The van der Waals surface area contributed by atoms with Gasteiger partial charge in [-0.05, 0) is 26.2 Å². The van der Waals surface area contributed by atoms with Crippen LogP contribution in [0.15, 0.2) is 33.7 Å². The summed E-state index contributed by atoms with van der Waals surface area (Å²) in [5.74, 6) is 0.724. The van der Waals surface area contributed by atoms with Crippen molar-refractivity contribution >= 4 is 17.2 Å². The Labute approximate surface area is 116 Å². The van der Waals surface area contributed by atoms with Gasteiger partial charge >= 0.3 is 0 Å². The summed E-state index contributed by atoms with van der Waals surface area (Å²) in [6, 6.07) is 3.70. The number of nitrogens with zero attached hydrogens (tertiary/aromatic N) is 3. The molecule has 0 spiro atoms. The zero-order valence-electron chi connectivity index (χ0n) is 11.1. The molecular weight excluding hydrogens is 262 g/mol. The van der Waals surface area contributed by atoms with Gasteiger partial charge in [0.25, 0.3) is 5.91 Å². The number of carbonyl (C=O) groups excluding carboxylic acids is 1. The van der Waals surface area contributed by atoms with Crippen molar-refractivity contribution in [3.05, 3.63) is 40.7 Å². The van der Waals surface area contributed by atoms with Gasteiger partial charge < -0.3 is 14.2 Å².